The van der Waals surface area contributed by atoms with Crippen molar-refractivity contribution in [2.45, 2.75) is 37.9 Å². The number of hydrogen-bond donors (Lipinski definition) is 2. The first-order valence-electron chi connectivity index (χ1n) is 8.11. The number of halogens is 3. The lowest BCUT2D eigenvalue weighted by Crippen LogP contribution is -2.28. The second kappa shape index (κ2) is 6.87. The highest BCUT2D eigenvalue weighted by Gasteiger charge is 2.35. The Morgan fingerprint density at radius 2 is 1.96 bits per heavy atom. The number of benzene rings is 1. The van der Waals surface area contributed by atoms with E-state index in [1.807, 2.05) is 0 Å². The number of alkyl halides is 3. The highest BCUT2D eigenvalue weighted by atomic mass is 19.4. The van der Waals surface area contributed by atoms with Crippen molar-refractivity contribution in [1.82, 2.24) is 9.78 Å². The molecule has 3 N–H and O–H groups in total. The van der Waals surface area contributed by atoms with E-state index in [-0.39, 0.29) is 23.6 Å². The lowest BCUT2D eigenvalue weighted by molar-refractivity contribution is -0.142. The van der Waals surface area contributed by atoms with Crippen molar-refractivity contribution in [3.8, 4) is 5.69 Å². The summed E-state index contributed by atoms with van der Waals surface area (Å²) < 4.78 is 39.6. The topological polar surface area (TPSA) is 72.9 Å². The van der Waals surface area contributed by atoms with Gasteiger partial charge in [0.15, 0.2) is 0 Å². The van der Waals surface area contributed by atoms with E-state index in [0.29, 0.717) is 12.1 Å². The van der Waals surface area contributed by atoms with Gasteiger partial charge in [-0.3, -0.25) is 4.79 Å². The minimum absolute atomic E-state index is 0.0636. The first-order chi connectivity index (χ1) is 11.8. The molecule has 0 spiro atoms. The molecule has 134 valence electrons. The summed E-state index contributed by atoms with van der Waals surface area (Å²) in [5.41, 5.74) is 5.91. The van der Waals surface area contributed by atoms with Gasteiger partial charge < -0.3 is 11.1 Å². The second-order valence-electron chi connectivity index (χ2n) is 6.28. The lowest BCUT2D eigenvalue weighted by Gasteiger charge is -2.15. The number of nitrogens with zero attached hydrogens (tertiary/aromatic N) is 2. The number of hydrogen-bond acceptors (Lipinski definition) is 3. The molecule has 1 fully saturated rings. The minimum Gasteiger partial charge on any atom is -0.327 e. The summed E-state index contributed by atoms with van der Waals surface area (Å²) in [7, 11) is 0. The quantitative estimate of drug-likeness (QED) is 0.886. The zero-order chi connectivity index (χ0) is 18.0. The van der Waals surface area contributed by atoms with Gasteiger partial charge in [-0.2, -0.15) is 18.3 Å². The molecule has 1 aromatic carbocycles. The summed E-state index contributed by atoms with van der Waals surface area (Å²) in [6.07, 6.45) is -0.0859. The van der Waals surface area contributed by atoms with Gasteiger partial charge in [0, 0.05) is 18.2 Å². The van der Waals surface area contributed by atoms with Crippen LogP contribution in [-0.4, -0.2) is 21.7 Å². The molecule has 0 unspecified atom stereocenters. The van der Waals surface area contributed by atoms with Gasteiger partial charge in [-0.25, -0.2) is 4.68 Å². The number of anilines is 1. The Labute approximate surface area is 143 Å². The van der Waals surface area contributed by atoms with Gasteiger partial charge in [-0.15, -0.1) is 0 Å². The Kier molecular flexibility index (Phi) is 4.80. The van der Waals surface area contributed by atoms with Crippen LogP contribution in [0.1, 0.15) is 31.4 Å². The molecule has 5 nitrogen and oxygen atoms in total. The van der Waals surface area contributed by atoms with Crippen LogP contribution in [0.4, 0.5) is 18.9 Å². The summed E-state index contributed by atoms with van der Waals surface area (Å²) in [6, 6.07) is 7.07. The van der Waals surface area contributed by atoms with Crippen molar-refractivity contribution in [2.24, 2.45) is 11.7 Å². The van der Waals surface area contributed by atoms with Gasteiger partial charge in [0.25, 0.3) is 0 Å². The summed E-state index contributed by atoms with van der Waals surface area (Å²) in [6.45, 7) is 0. The summed E-state index contributed by atoms with van der Waals surface area (Å²) in [5, 5.41) is 6.48. The number of rotatable bonds is 4. The molecule has 0 saturated heterocycles. The molecule has 1 heterocycles. The van der Waals surface area contributed by atoms with E-state index >= 15 is 0 Å². The first kappa shape index (κ1) is 17.5. The van der Waals surface area contributed by atoms with Crippen LogP contribution in [-0.2, 0) is 11.0 Å². The fourth-order valence-corrected chi connectivity index (χ4v) is 3.18. The Balaban J connectivity index is 1.67. The van der Waals surface area contributed by atoms with Crippen molar-refractivity contribution >= 4 is 11.6 Å². The normalized spacial score (nSPS) is 20.6. The van der Waals surface area contributed by atoms with Gasteiger partial charge in [-0.1, -0.05) is 6.42 Å². The number of carbonyl (C=O) groups excluding carboxylic acids is 1. The van der Waals surface area contributed by atoms with Crippen molar-refractivity contribution in [2.75, 3.05) is 5.32 Å². The second-order valence-corrected chi connectivity index (χ2v) is 6.28. The molecule has 25 heavy (non-hydrogen) atoms. The molecular weight excluding hydrogens is 333 g/mol. The fraction of sp³-hybridized carbons (Fsp3) is 0.412. The predicted octanol–water partition coefficient (Wildman–Crippen LogP) is 3.35. The Morgan fingerprint density at radius 3 is 2.56 bits per heavy atom. The minimum atomic E-state index is -4.48. The van der Waals surface area contributed by atoms with Crippen LogP contribution in [0.3, 0.4) is 0 Å². The van der Waals surface area contributed by atoms with Gasteiger partial charge in [-0.05, 0) is 49.1 Å². The molecule has 1 aromatic heterocycles. The average molecular weight is 352 g/mol. The van der Waals surface area contributed by atoms with Crippen LogP contribution >= 0.6 is 0 Å². The summed E-state index contributed by atoms with van der Waals surface area (Å²) in [4.78, 5) is 12.1. The molecule has 0 aliphatic heterocycles. The fourth-order valence-electron chi connectivity index (χ4n) is 3.18. The van der Waals surface area contributed by atoms with Crippen LogP contribution in [0.2, 0.25) is 0 Å². The van der Waals surface area contributed by atoms with Gasteiger partial charge in [0.1, 0.15) is 5.69 Å². The molecule has 1 aliphatic carbocycles. The van der Waals surface area contributed by atoms with Crippen LogP contribution in [0.5, 0.6) is 0 Å². The highest BCUT2D eigenvalue weighted by Crippen LogP contribution is 2.31. The van der Waals surface area contributed by atoms with E-state index in [4.69, 9.17) is 5.73 Å². The van der Waals surface area contributed by atoms with Gasteiger partial charge >= 0.3 is 6.18 Å². The molecule has 0 bridgehead atoms. The largest absolute Gasteiger partial charge is 0.433 e. The van der Waals surface area contributed by atoms with Gasteiger partial charge in [0.05, 0.1) is 11.9 Å². The van der Waals surface area contributed by atoms with Crippen molar-refractivity contribution in [3.63, 3.8) is 0 Å². The van der Waals surface area contributed by atoms with E-state index in [1.165, 1.54) is 12.1 Å². The number of amides is 1. The zero-order valence-electron chi connectivity index (χ0n) is 13.5. The van der Waals surface area contributed by atoms with E-state index in [0.717, 1.165) is 36.2 Å². The third kappa shape index (κ3) is 4.01. The zero-order valence-corrected chi connectivity index (χ0v) is 13.5. The van der Waals surface area contributed by atoms with Crippen molar-refractivity contribution in [3.05, 3.63) is 42.2 Å². The third-order valence-corrected chi connectivity index (χ3v) is 4.49. The van der Waals surface area contributed by atoms with E-state index in [1.54, 1.807) is 12.1 Å². The Hall–Kier alpha value is -2.35. The van der Waals surface area contributed by atoms with Crippen LogP contribution in [0.15, 0.2) is 36.5 Å². The maximum atomic E-state index is 12.9. The van der Waals surface area contributed by atoms with Crippen LogP contribution < -0.4 is 11.1 Å². The Morgan fingerprint density at radius 1 is 1.24 bits per heavy atom. The van der Waals surface area contributed by atoms with Crippen LogP contribution in [0.25, 0.3) is 5.69 Å². The van der Waals surface area contributed by atoms with E-state index in [2.05, 4.69) is 10.4 Å². The molecule has 2 atom stereocenters. The SMILES string of the molecule is N[C@@H]1CCC[C@H]1CC(=O)Nc1ccc(-n2nccc2C(F)(F)F)cc1. The molecule has 8 heteroatoms. The molecule has 3 rings (SSSR count). The van der Waals surface area contributed by atoms with Crippen LogP contribution in [0, 0.1) is 5.92 Å². The maximum absolute atomic E-state index is 12.9. The average Bonchev–Trinajstić information content (AvgIpc) is 3.17. The number of nitrogens with two attached hydrogens (primary N) is 1. The summed E-state index contributed by atoms with van der Waals surface area (Å²) >= 11 is 0. The van der Waals surface area contributed by atoms with Crippen molar-refractivity contribution < 1.29 is 18.0 Å². The lowest BCUT2D eigenvalue weighted by atomic mass is 10.00. The molecule has 0 radical (unpaired) electrons. The number of aromatic nitrogens is 2. The highest BCUT2D eigenvalue weighted by molar-refractivity contribution is 5.91. The molecule has 1 amide bonds. The number of carbonyl (C=O) groups is 1. The maximum Gasteiger partial charge on any atom is 0.433 e. The molecule has 1 aliphatic rings. The monoisotopic (exact) mass is 352 g/mol. The smallest absolute Gasteiger partial charge is 0.327 e. The van der Waals surface area contributed by atoms with E-state index in [9.17, 15) is 18.0 Å². The Bertz CT molecular complexity index is 739. The molecule has 2 aromatic rings. The van der Waals surface area contributed by atoms with Crippen molar-refractivity contribution in [1.29, 1.82) is 0 Å². The molecule has 1 saturated carbocycles. The standard InChI is InChI=1S/C17H19F3N4O/c18-17(19,20)15-8-9-22-24(15)13-6-4-12(5-7-13)23-16(25)10-11-2-1-3-14(11)21/h4-9,11,14H,1-3,10,21H2,(H,23,25)/t11-,14+/m0/s1. The predicted molar refractivity (Wildman–Crippen MR) is 87.1 cm³/mol. The molecular formula is C17H19F3N4O. The third-order valence-electron chi connectivity index (χ3n) is 4.49. The summed E-state index contributed by atoms with van der Waals surface area (Å²) in [5.74, 6) is 0.0582. The van der Waals surface area contributed by atoms with E-state index < -0.39 is 11.9 Å². The first-order valence-corrected chi connectivity index (χ1v) is 8.11. The van der Waals surface area contributed by atoms with Gasteiger partial charge in [0.2, 0.25) is 5.91 Å². The number of nitrogens with one attached hydrogen (secondary N) is 1.